The second-order valence-electron chi connectivity index (χ2n) is 3.28. The molecule has 88 valence electrons. The van der Waals surface area contributed by atoms with Crippen molar-refractivity contribution < 1.29 is 9.90 Å². The molecule has 0 bridgehead atoms. The minimum atomic E-state index is -0.862. The minimum absolute atomic E-state index is 0.00854. The molecule has 0 aliphatic carbocycles. The van der Waals surface area contributed by atoms with E-state index in [1.807, 2.05) is 13.0 Å². The molecule has 0 aromatic carbocycles. The van der Waals surface area contributed by atoms with Crippen LogP contribution in [-0.2, 0) is 4.79 Å². The quantitative estimate of drug-likeness (QED) is 0.820. The summed E-state index contributed by atoms with van der Waals surface area (Å²) >= 11 is 1.20. The summed E-state index contributed by atoms with van der Waals surface area (Å²) in [5.41, 5.74) is 0.809. The van der Waals surface area contributed by atoms with Gasteiger partial charge in [-0.2, -0.15) is 5.10 Å². The summed E-state index contributed by atoms with van der Waals surface area (Å²) in [4.78, 5) is 18.6. The van der Waals surface area contributed by atoms with Crippen LogP contribution < -0.4 is 0 Å². The number of carboxylic acids is 1. The lowest BCUT2D eigenvalue weighted by Gasteiger charge is -2.03. The molecular formula is C10H10N4O2S. The number of rotatable bonds is 4. The highest BCUT2D eigenvalue weighted by molar-refractivity contribution is 7.99. The van der Waals surface area contributed by atoms with E-state index in [9.17, 15) is 4.79 Å². The van der Waals surface area contributed by atoms with Gasteiger partial charge in [0, 0.05) is 12.4 Å². The Hall–Kier alpha value is -1.89. The third-order valence-electron chi connectivity index (χ3n) is 1.91. The van der Waals surface area contributed by atoms with Crippen LogP contribution in [0.5, 0.6) is 0 Å². The molecule has 7 heteroatoms. The molecule has 2 rings (SSSR count). The van der Waals surface area contributed by atoms with E-state index in [-0.39, 0.29) is 5.75 Å². The van der Waals surface area contributed by atoms with E-state index in [2.05, 4.69) is 15.1 Å². The van der Waals surface area contributed by atoms with Crippen LogP contribution in [0.15, 0.2) is 29.7 Å². The summed E-state index contributed by atoms with van der Waals surface area (Å²) in [6, 6.07) is 1.82. The molecule has 0 aliphatic rings. The van der Waals surface area contributed by atoms with E-state index in [1.165, 1.54) is 11.8 Å². The number of aromatic nitrogens is 4. The molecule has 0 radical (unpaired) electrons. The third-order valence-corrected chi connectivity index (χ3v) is 2.89. The lowest BCUT2D eigenvalue weighted by Crippen LogP contribution is -2.04. The number of hydrogen-bond donors (Lipinski definition) is 1. The van der Waals surface area contributed by atoms with Crippen molar-refractivity contribution in [2.45, 2.75) is 11.9 Å². The second-order valence-corrected chi connectivity index (χ2v) is 4.28. The van der Waals surface area contributed by atoms with Crippen LogP contribution in [-0.4, -0.2) is 36.6 Å². The van der Waals surface area contributed by atoms with Crippen molar-refractivity contribution in [1.29, 1.82) is 0 Å². The number of carboxylic acid groups (broad SMARTS) is 1. The zero-order valence-corrected chi connectivity index (χ0v) is 9.89. The van der Waals surface area contributed by atoms with Gasteiger partial charge in [0.25, 0.3) is 0 Å². The molecule has 2 heterocycles. The van der Waals surface area contributed by atoms with Gasteiger partial charge in [-0.15, -0.1) is 0 Å². The van der Waals surface area contributed by atoms with Gasteiger partial charge in [0.15, 0.2) is 5.82 Å². The van der Waals surface area contributed by atoms with Gasteiger partial charge in [-0.3, -0.25) is 9.78 Å². The van der Waals surface area contributed by atoms with Gasteiger partial charge in [-0.05, 0) is 13.0 Å². The molecule has 0 saturated heterocycles. The van der Waals surface area contributed by atoms with Crippen LogP contribution in [0.2, 0.25) is 0 Å². The van der Waals surface area contributed by atoms with Crippen LogP contribution in [0.1, 0.15) is 5.69 Å². The third kappa shape index (κ3) is 2.82. The summed E-state index contributed by atoms with van der Waals surface area (Å²) in [7, 11) is 0. The standard InChI is InChI=1S/C10H10N4O2S/c1-7-4-9(17-6-10(15)16)14(13-7)8-5-11-2-3-12-8/h2-5H,6H2,1H3,(H,15,16). The van der Waals surface area contributed by atoms with Crippen LogP contribution in [0.3, 0.4) is 0 Å². The topological polar surface area (TPSA) is 80.9 Å². The Morgan fingerprint density at radius 3 is 3.00 bits per heavy atom. The predicted molar refractivity (Wildman–Crippen MR) is 62.3 cm³/mol. The van der Waals surface area contributed by atoms with E-state index in [1.54, 1.807) is 23.3 Å². The largest absolute Gasteiger partial charge is 0.481 e. The fraction of sp³-hybridized carbons (Fsp3) is 0.200. The molecule has 1 N–H and O–H groups in total. The van der Waals surface area contributed by atoms with Gasteiger partial charge in [-0.1, -0.05) is 11.8 Å². The molecule has 0 unspecified atom stereocenters. The summed E-state index contributed by atoms with van der Waals surface area (Å²) in [6.07, 6.45) is 4.72. The summed E-state index contributed by atoms with van der Waals surface area (Å²) in [5, 5.41) is 13.7. The molecule has 0 atom stereocenters. The van der Waals surface area contributed by atoms with Crippen LogP contribution in [0.4, 0.5) is 0 Å². The second kappa shape index (κ2) is 4.96. The first-order valence-electron chi connectivity index (χ1n) is 4.84. The monoisotopic (exact) mass is 250 g/mol. The Kier molecular flexibility index (Phi) is 3.38. The molecule has 0 aliphatic heterocycles. The highest BCUT2D eigenvalue weighted by Crippen LogP contribution is 2.21. The highest BCUT2D eigenvalue weighted by atomic mass is 32.2. The minimum Gasteiger partial charge on any atom is -0.481 e. The van der Waals surface area contributed by atoms with Crippen molar-refractivity contribution in [3.63, 3.8) is 0 Å². The Balaban J connectivity index is 2.31. The first-order chi connectivity index (χ1) is 8.16. The SMILES string of the molecule is Cc1cc(SCC(=O)O)n(-c2cnccn2)n1. The van der Waals surface area contributed by atoms with E-state index >= 15 is 0 Å². The average Bonchev–Trinajstić information content (AvgIpc) is 2.69. The number of thioether (sulfide) groups is 1. The average molecular weight is 250 g/mol. The van der Waals surface area contributed by atoms with Gasteiger partial charge in [0.1, 0.15) is 5.03 Å². The lowest BCUT2D eigenvalue weighted by molar-refractivity contribution is -0.133. The van der Waals surface area contributed by atoms with Crippen LogP contribution in [0, 0.1) is 6.92 Å². The number of nitrogens with zero attached hydrogens (tertiary/aromatic N) is 4. The van der Waals surface area contributed by atoms with Crippen molar-refractivity contribution >= 4 is 17.7 Å². The van der Waals surface area contributed by atoms with Gasteiger partial charge in [-0.25, -0.2) is 9.67 Å². The van der Waals surface area contributed by atoms with Crippen molar-refractivity contribution in [2.75, 3.05) is 5.75 Å². The normalized spacial score (nSPS) is 10.4. The highest BCUT2D eigenvalue weighted by Gasteiger charge is 2.10. The Bertz CT molecular complexity index is 526. The zero-order valence-electron chi connectivity index (χ0n) is 9.07. The summed E-state index contributed by atoms with van der Waals surface area (Å²) in [6.45, 7) is 1.84. The molecule has 0 spiro atoms. The summed E-state index contributed by atoms with van der Waals surface area (Å²) < 4.78 is 1.59. The fourth-order valence-corrected chi connectivity index (χ4v) is 2.06. The van der Waals surface area contributed by atoms with Crippen molar-refractivity contribution in [2.24, 2.45) is 0 Å². The van der Waals surface area contributed by atoms with E-state index < -0.39 is 5.97 Å². The lowest BCUT2D eigenvalue weighted by atomic mass is 10.5. The Morgan fingerprint density at radius 1 is 1.53 bits per heavy atom. The molecule has 0 amide bonds. The maximum atomic E-state index is 10.5. The molecule has 2 aromatic heterocycles. The predicted octanol–water partition coefficient (Wildman–Crippen LogP) is 1.15. The molecule has 0 saturated carbocycles. The molecule has 6 nitrogen and oxygen atoms in total. The van der Waals surface area contributed by atoms with E-state index in [0.717, 1.165) is 10.7 Å². The number of hydrogen-bond acceptors (Lipinski definition) is 5. The van der Waals surface area contributed by atoms with Crippen LogP contribution >= 0.6 is 11.8 Å². The Morgan fingerprint density at radius 2 is 2.35 bits per heavy atom. The summed E-state index contributed by atoms with van der Waals surface area (Å²) in [5.74, 6) is -0.293. The number of aryl methyl sites for hydroxylation is 1. The molecule has 0 fully saturated rings. The first-order valence-corrected chi connectivity index (χ1v) is 5.83. The van der Waals surface area contributed by atoms with Crippen molar-refractivity contribution in [3.05, 3.63) is 30.4 Å². The fourth-order valence-electron chi connectivity index (χ4n) is 1.28. The van der Waals surface area contributed by atoms with Gasteiger partial charge in [0.2, 0.25) is 0 Å². The zero-order chi connectivity index (χ0) is 12.3. The smallest absolute Gasteiger partial charge is 0.313 e. The van der Waals surface area contributed by atoms with Crippen molar-refractivity contribution in [3.8, 4) is 5.82 Å². The maximum absolute atomic E-state index is 10.5. The van der Waals surface area contributed by atoms with Gasteiger partial charge < -0.3 is 5.11 Å². The van der Waals surface area contributed by atoms with E-state index in [4.69, 9.17) is 5.11 Å². The van der Waals surface area contributed by atoms with Crippen molar-refractivity contribution in [1.82, 2.24) is 19.7 Å². The molecule has 2 aromatic rings. The Labute approximate surface area is 102 Å². The maximum Gasteiger partial charge on any atom is 0.313 e. The number of carbonyl (C=O) groups is 1. The molecule has 17 heavy (non-hydrogen) atoms. The van der Waals surface area contributed by atoms with Crippen LogP contribution in [0.25, 0.3) is 5.82 Å². The molecular weight excluding hydrogens is 240 g/mol. The van der Waals surface area contributed by atoms with Gasteiger partial charge in [0.05, 0.1) is 17.6 Å². The first kappa shape index (κ1) is 11.6. The van der Waals surface area contributed by atoms with Gasteiger partial charge >= 0.3 is 5.97 Å². The van der Waals surface area contributed by atoms with E-state index in [0.29, 0.717) is 5.82 Å². The number of aliphatic carboxylic acids is 1.